The summed E-state index contributed by atoms with van der Waals surface area (Å²) in [5.41, 5.74) is 2.80. The minimum atomic E-state index is -3.76. The molecule has 2 aromatic carbocycles. The first-order valence-corrected chi connectivity index (χ1v) is 11.1. The summed E-state index contributed by atoms with van der Waals surface area (Å²) in [5, 5.41) is 17.6. The molecule has 4 N–H and O–H groups in total. The molecule has 4 aromatic rings. The molecule has 0 radical (unpaired) electrons. The van der Waals surface area contributed by atoms with E-state index in [4.69, 9.17) is 5.14 Å². The first-order valence-electron chi connectivity index (χ1n) is 8.57. The van der Waals surface area contributed by atoms with Gasteiger partial charge in [0, 0.05) is 28.8 Å². The summed E-state index contributed by atoms with van der Waals surface area (Å²) < 4.78 is 22.5. The van der Waals surface area contributed by atoms with Crippen molar-refractivity contribution in [1.29, 1.82) is 0 Å². The number of nitrogens with zero attached hydrogens (tertiary/aromatic N) is 3. The number of thioether (sulfide) groups is 1. The molecule has 0 aliphatic heterocycles. The standard InChI is InChI=1S/C18H16N6O3S2/c19-29(26,27)12-7-5-11(6-8-12)20-15(25)9-10-28-18-22-17-16(23-24-18)13-3-1-2-4-14(13)21-17/h1-8H,9-10H2,(H,20,25)(H2,19,26,27)(H,21,22,24). The number of hydrogen-bond donors (Lipinski definition) is 3. The highest BCUT2D eigenvalue weighted by molar-refractivity contribution is 7.99. The smallest absolute Gasteiger partial charge is 0.238 e. The van der Waals surface area contributed by atoms with Crippen LogP contribution in [0.3, 0.4) is 0 Å². The van der Waals surface area contributed by atoms with Crippen molar-refractivity contribution in [3.05, 3.63) is 48.5 Å². The molecule has 0 saturated heterocycles. The molecular formula is C18H16N6O3S2. The normalized spacial score (nSPS) is 11.8. The fourth-order valence-electron chi connectivity index (χ4n) is 2.75. The second-order valence-corrected chi connectivity index (χ2v) is 8.80. The third-order valence-electron chi connectivity index (χ3n) is 4.13. The Hall–Kier alpha value is -3.02. The fourth-order valence-corrected chi connectivity index (χ4v) is 3.99. The van der Waals surface area contributed by atoms with Crippen molar-refractivity contribution in [2.75, 3.05) is 11.1 Å². The van der Waals surface area contributed by atoms with Crippen molar-refractivity contribution < 1.29 is 13.2 Å². The van der Waals surface area contributed by atoms with Gasteiger partial charge in [-0.2, -0.15) is 0 Å². The topological polar surface area (TPSA) is 144 Å². The highest BCUT2D eigenvalue weighted by atomic mass is 32.2. The van der Waals surface area contributed by atoms with E-state index in [0.717, 1.165) is 10.9 Å². The number of H-pyrrole nitrogens is 1. The number of aromatic amines is 1. The van der Waals surface area contributed by atoms with Gasteiger partial charge >= 0.3 is 0 Å². The monoisotopic (exact) mass is 428 g/mol. The molecule has 0 fully saturated rings. The predicted molar refractivity (Wildman–Crippen MR) is 111 cm³/mol. The van der Waals surface area contributed by atoms with E-state index in [-0.39, 0.29) is 17.2 Å². The lowest BCUT2D eigenvalue weighted by Crippen LogP contribution is -2.14. The quantitative estimate of drug-likeness (QED) is 0.400. The Bertz CT molecular complexity index is 1300. The average molecular weight is 428 g/mol. The lowest BCUT2D eigenvalue weighted by atomic mass is 10.2. The number of primary sulfonamides is 1. The molecule has 0 aliphatic carbocycles. The van der Waals surface area contributed by atoms with Crippen molar-refractivity contribution in [3.63, 3.8) is 0 Å². The summed E-state index contributed by atoms with van der Waals surface area (Å²) in [7, 11) is -3.76. The van der Waals surface area contributed by atoms with Crippen LogP contribution in [0.4, 0.5) is 5.69 Å². The minimum Gasteiger partial charge on any atom is -0.338 e. The van der Waals surface area contributed by atoms with Gasteiger partial charge in [0.2, 0.25) is 21.1 Å². The molecular weight excluding hydrogens is 412 g/mol. The van der Waals surface area contributed by atoms with Crippen LogP contribution in [0.5, 0.6) is 0 Å². The first kappa shape index (κ1) is 19.3. The molecule has 0 unspecified atom stereocenters. The highest BCUT2D eigenvalue weighted by Crippen LogP contribution is 2.23. The van der Waals surface area contributed by atoms with Crippen molar-refractivity contribution in [2.24, 2.45) is 5.14 Å². The second kappa shape index (κ2) is 7.78. The lowest BCUT2D eigenvalue weighted by molar-refractivity contribution is -0.115. The Kier molecular flexibility index (Phi) is 5.18. The van der Waals surface area contributed by atoms with E-state index in [2.05, 4.69) is 25.5 Å². The highest BCUT2D eigenvalue weighted by Gasteiger charge is 2.11. The van der Waals surface area contributed by atoms with E-state index in [1.54, 1.807) is 0 Å². The number of para-hydroxylation sites is 1. The van der Waals surface area contributed by atoms with E-state index in [9.17, 15) is 13.2 Å². The summed E-state index contributed by atoms with van der Waals surface area (Å²) in [6.45, 7) is 0. The molecule has 0 atom stereocenters. The van der Waals surface area contributed by atoms with E-state index in [1.165, 1.54) is 36.0 Å². The number of fused-ring (bicyclic) bond motifs is 3. The number of carbonyl (C=O) groups is 1. The van der Waals surface area contributed by atoms with Crippen LogP contribution in [0.2, 0.25) is 0 Å². The Morgan fingerprint density at radius 2 is 1.86 bits per heavy atom. The summed E-state index contributed by atoms with van der Waals surface area (Å²) in [4.78, 5) is 19.7. The zero-order chi connectivity index (χ0) is 20.4. The van der Waals surface area contributed by atoms with Gasteiger partial charge in [-0.3, -0.25) is 4.79 Å². The zero-order valence-corrected chi connectivity index (χ0v) is 16.6. The maximum absolute atomic E-state index is 12.1. The number of carbonyl (C=O) groups excluding carboxylic acids is 1. The largest absolute Gasteiger partial charge is 0.338 e. The third kappa shape index (κ3) is 4.36. The summed E-state index contributed by atoms with van der Waals surface area (Å²) in [6, 6.07) is 13.4. The molecule has 0 bridgehead atoms. The molecule has 148 valence electrons. The number of aromatic nitrogens is 4. The van der Waals surface area contributed by atoms with Crippen LogP contribution in [-0.2, 0) is 14.8 Å². The van der Waals surface area contributed by atoms with Gasteiger partial charge in [-0.25, -0.2) is 18.5 Å². The van der Waals surface area contributed by atoms with Crippen LogP contribution in [0.25, 0.3) is 22.1 Å². The number of hydrogen-bond acceptors (Lipinski definition) is 7. The van der Waals surface area contributed by atoms with Gasteiger partial charge in [0.15, 0.2) is 5.65 Å². The molecule has 11 heteroatoms. The zero-order valence-electron chi connectivity index (χ0n) is 15.0. The molecule has 2 aromatic heterocycles. The van der Waals surface area contributed by atoms with Crippen LogP contribution < -0.4 is 10.5 Å². The summed E-state index contributed by atoms with van der Waals surface area (Å²) in [5.74, 6) is 0.259. The van der Waals surface area contributed by atoms with Gasteiger partial charge in [0.25, 0.3) is 0 Å². The fraction of sp³-hybridized carbons (Fsp3) is 0.111. The molecule has 9 nitrogen and oxygen atoms in total. The summed E-state index contributed by atoms with van der Waals surface area (Å²) >= 11 is 1.33. The SMILES string of the molecule is NS(=O)(=O)c1ccc(NC(=O)CCSc2nnc3c(n2)[nH]c2ccccc23)cc1. The van der Waals surface area contributed by atoms with Gasteiger partial charge in [-0.1, -0.05) is 30.0 Å². The van der Waals surface area contributed by atoms with Crippen molar-refractivity contribution in [2.45, 2.75) is 16.5 Å². The lowest BCUT2D eigenvalue weighted by Gasteiger charge is -2.05. The number of anilines is 1. The van der Waals surface area contributed by atoms with Crippen LogP contribution in [0.15, 0.2) is 58.6 Å². The molecule has 4 rings (SSSR count). The molecule has 0 saturated carbocycles. The number of rotatable bonds is 6. The Labute approximate surface area is 170 Å². The molecule has 0 aliphatic rings. The second-order valence-electron chi connectivity index (χ2n) is 6.18. The number of nitrogens with one attached hydrogen (secondary N) is 2. The van der Waals surface area contributed by atoms with Gasteiger partial charge < -0.3 is 10.3 Å². The van der Waals surface area contributed by atoms with Crippen molar-refractivity contribution >= 4 is 55.4 Å². The van der Waals surface area contributed by atoms with E-state index < -0.39 is 10.0 Å². The Morgan fingerprint density at radius 1 is 1.10 bits per heavy atom. The summed E-state index contributed by atoms with van der Waals surface area (Å²) in [6.07, 6.45) is 0.232. The number of benzene rings is 2. The molecule has 29 heavy (non-hydrogen) atoms. The van der Waals surface area contributed by atoms with Crippen LogP contribution in [0.1, 0.15) is 6.42 Å². The minimum absolute atomic E-state index is 0.0110. The van der Waals surface area contributed by atoms with E-state index >= 15 is 0 Å². The van der Waals surface area contributed by atoms with Crippen molar-refractivity contribution in [1.82, 2.24) is 20.2 Å². The number of amides is 1. The maximum atomic E-state index is 12.1. The predicted octanol–water partition coefficient (Wildman–Crippen LogP) is 2.27. The average Bonchev–Trinajstić information content (AvgIpc) is 3.05. The molecule has 2 heterocycles. The van der Waals surface area contributed by atoms with E-state index in [1.807, 2.05) is 24.3 Å². The van der Waals surface area contributed by atoms with Crippen LogP contribution >= 0.6 is 11.8 Å². The van der Waals surface area contributed by atoms with Gasteiger partial charge in [0.1, 0.15) is 5.52 Å². The Balaban J connectivity index is 1.34. The van der Waals surface area contributed by atoms with Gasteiger partial charge in [0.05, 0.1) is 4.90 Å². The number of sulfonamides is 1. The third-order valence-corrected chi connectivity index (χ3v) is 5.90. The van der Waals surface area contributed by atoms with Gasteiger partial charge in [-0.05, 0) is 30.3 Å². The molecule has 0 spiro atoms. The van der Waals surface area contributed by atoms with Crippen molar-refractivity contribution in [3.8, 4) is 0 Å². The first-order chi connectivity index (χ1) is 13.9. The molecule has 1 amide bonds. The Morgan fingerprint density at radius 3 is 2.62 bits per heavy atom. The van der Waals surface area contributed by atoms with Crippen LogP contribution in [-0.4, -0.2) is 40.2 Å². The van der Waals surface area contributed by atoms with E-state index in [0.29, 0.717) is 27.8 Å². The van der Waals surface area contributed by atoms with Crippen LogP contribution in [0, 0.1) is 0 Å². The maximum Gasteiger partial charge on any atom is 0.238 e. The number of nitrogens with two attached hydrogens (primary N) is 1. The van der Waals surface area contributed by atoms with Gasteiger partial charge in [-0.15, -0.1) is 10.2 Å².